The summed E-state index contributed by atoms with van der Waals surface area (Å²) in [5, 5.41) is 9.95. The van der Waals surface area contributed by atoms with Crippen molar-refractivity contribution in [1.29, 1.82) is 0 Å². The Morgan fingerprint density at radius 1 is 1.35 bits per heavy atom. The summed E-state index contributed by atoms with van der Waals surface area (Å²) in [4.78, 5) is 13.7. The van der Waals surface area contributed by atoms with Gasteiger partial charge in [-0.2, -0.15) is 0 Å². The molecule has 0 aliphatic heterocycles. The number of hydrogen-bond acceptors (Lipinski definition) is 3. The second-order valence-electron chi connectivity index (χ2n) is 5.77. The molecule has 1 amide bonds. The highest BCUT2D eigenvalue weighted by Gasteiger charge is 2.25. The van der Waals surface area contributed by atoms with E-state index in [1.807, 2.05) is 32.9 Å². The average molecular weight is 300 g/mol. The molecule has 1 rings (SSSR count). The topological polar surface area (TPSA) is 49.8 Å². The standard InChI is InChI=1S/C15H22ClNO3/c1-11(10-18)17(14(19)20-15(2,3)4)9-12-5-7-13(16)8-6-12/h5-8,11,18H,9-10H2,1-4H3. The van der Waals surface area contributed by atoms with Crippen LogP contribution in [0.25, 0.3) is 0 Å². The lowest BCUT2D eigenvalue weighted by molar-refractivity contribution is 0.00938. The van der Waals surface area contributed by atoms with Gasteiger partial charge in [0.15, 0.2) is 0 Å². The van der Waals surface area contributed by atoms with Crippen LogP contribution in [0.5, 0.6) is 0 Å². The van der Waals surface area contributed by atoms with Gasteiger partial charge in [0.1, 0.15) is 5.60 Å². The zero-order valence-corrected chi connectivity index (χ0v) is 13.1. The highest BCUT2D eigenvalue weighted by molar-refractivity contribution is 6.30. The van der Waals surface area contributed by atoms with Crippen LogP contribution in [-0.2, 0) is 11.3 Å². The van der Waals surface area contributed by atoms with E-state index in [0.29, 0.717) is 11.6 Å². The first-order chi connectivity index (χ1) is 9.23. The molecule has 0 radical (unpaired) electrons. The van der Waals surface area contributed by atoms with E-state index in [-0.39, 0.29) is 12.6 Å². The molecule has 1 N–H and O–H groups in total. The molecule has 112 valence electrons. The van der Waals surface area contributed by atoms with Crippen molar-refractivity contribution in [2.75, 3.05) is 6.61 Å². The molecule has 1 atom stereocenters. The number of halogens is 1. The number of aliphatic hydroxyl groups is 1. The largest absolute Gasteiger partial charge is 0.444 e. The number of aliphatic hydroxyl groups excluding tert-OH is 1. The molecule has 0 aliphatic carbocycles. The summed E-state index contributed by atoms with van der Waals surface area (Å²) in [6.45, 7) is 7.47. The molecule has 20 heavy (non-hydrogen) atoms. The third-order valence-corrected chi connectivity index (χ3v) is 2.94. The number of hydrogen-bond donors (Lipinski definition) is 1. The highest BCUT2D eigenvalue weighted by Crippen LogP contribution is 2.16. The molecular formula is C15H22ClNO3. The first-order valence-electron chi connectivity index (χ1n) is 6.58. The molecule has 0 fully saturated rings. The number of carbonyl (C=O) groups excluding carboxylic acids is 1. The second kappa shape index (κ2) is 6.95. The second-order valence-corrected chi connectivity index (χ2v) is 6.20. The molecule has 0 aliphatic rings. The SMILES string of the molecule is CC(CO)N(Cc1ccc(Cl)cc1)C(=O)OC(C)(C)C. The van der Waals surface area contributed by atoms with Crippen LogP contribution in [0, 0.1) is 0 Å². The maximum atomic E-state index is 12.2. The Morgan fingerprint density at radius 2 is 1.90 bits per heavy atom. The highest BCUT2D eigenvalue weighted by atomic mass is 35.5. The van der Waals surface area contributed by atoms with Crippen LogP contribution in [0.2, 0.25) is 5.02 Å². The monoisotopic (exact) mass is 299 g/mol. The molecule has 0 saturated carbocycles. The van der Waals surface area contributed by atoms with Crippen LogP contribution in [0.1, 0.15) is 33.3 Å². The molecule has 1 unspecified atom stereocenters. The van der Waals surface area contributed by atoms with Crippen molar-refractivity contribution in [3.05, 3.63) is 34.9 Å². The van der Waals surface area contributed by atoms with E-state index in [0.717, 1.165) is 5.56 Å². The van der Waals surface area contributed by atoms with Crippen LogP contribution in [-0.4, -0.2) is 34.3 Å². The Labute approximate surface area is 125 Å². The lowest BCUT2D eigenvalue weighted by Gasteiger charge is -2.31. The zero-order valence-electron chi connectivity index (χ0n) is 12.4. The summed E-state index contributed by atoms with van der Waals surface area (Å²) in [6, 6.07) is 6.93. The Balaban J connectivity index is 2.84. The summed E-state index contributed by atoms with van der Waals surface area (Å²) in [5.74, 6) is 0. The smallest absolute Gasteiger partial charge is 0.410 e. The summed E-state index contributed by atoms with van der Waals surface area (Å²) in [6.07, 6.45) is -0.436. The molecule has 0 saturated heterocycles. The predicted octanol–water partition coefficient (Wildman–Crippen LogP) is 3.46. The molecule has 4 nitrogen and oxygen atoms in total. The van der Waals surface area contributed by atoms with Crippen LogP contribution in [0.3, 0.4) is 0 Å². The first kappa shape index (κ1) is 16.8. The maximum Gasteiger partial charge on any atom is 0.410 e. The van der Waals surface area contributed by atoms with Crippen LogP contribution < -0.4 is 0 Å². The van der Waals surface area contributed by atoms with Crippen molar-refractivity contribution in [2.45, 2.75) is 45.9 Å². The molecule has 0 bridgehead atoms. The summed E-state index contributed by atoms with van der Waals surface area (Å²) < 4.78 is 5.37. The Hall–Kier alpha value is -1.26. The van der Waals surface area contributed by atoms with Crippen LogP contribution >= 0.6 is 11.6 Å². The lowest BCUT2D eigenvalue weighted by Crippen LogP contribution is -2.43. The van der Waals surface area contributed by atoms with Crippen molar-refractivity contribution in [1.82, 2.24) is 4.90 Å². The van der Waals surface area contributed by atoms with E-state index in [1.54, 1.807) is 19.1 Å². The van der Waals surface area contributed by atoms with Crippen molar-refractivity contribution < 1.29 is 14.6 Å². The molecule has 1 aromatic carbocycles. The maximum absolute atomic E-state index is 12.2. The predicted molar refractivity (Wildman–Crippen MR) is 79.8 cm³/mol. The summed E-state index contributed by atoms with van der Waals surface area (Å²) >= 11 is 5.84. The van der Waals surface area contributed by atoms with Crippen LogP contribution in [0.4, 0.5) is 4.79 Å². The third kappa shape index (κ3) is 5.39. The molecule has 1 aromatic rings. The van der Waals surface area contributed by atoms with Gasteiger partial charge in [0.2, 0.25) is 0 Å². The van der Waals surface area contributed by atoms with E-state index in [1.165, 1.54) is 4.90 Å². The average Bonchev–Trinajstić information content (AvgIpc) is 2.35. The number of benzene rings is 1. The van der Waals surface area contributed by atoms with E-state index in [2.05, 4.69) is 0 Å². The van der Waals surface area contributed by atoms with Gasteiger partial charge in [-0.05, 0) is 45.4 Å². The van der Waals surface area contributed by atoms with Gasteiger partial charge in [-0.15, -0.1) is 0 Å². The van der Waals surface area contributed by atoms with Gasteiger partial charge in [-0.25, -0.2) is 4.79 Å². The minimum absolute atomic E-state index is 0.118. The van der Waals surface area contributed by atoms with Crippen molar-refractivity contribution in [3.63, 3.8) is 0 Å². The quantitative estimate of drug-likeness (QED) is 0.926. The number of ether oxygens (including phenoxy) is 1. The number of rotatable bonds is 4. The normalized spacial score (nSPS) is 12.9. The van der Waals surface area contributed by atoms with Gasteiger partial charge >= 0.3 is 6.09 Å². The van der Waals surface area contributed by atoms with E-state index in [4.69, 9.17) is 16.3 Å². The van der Waals surface area contributed by atoms with Gasteiger partial charge < -0.3 is 9.84 Å². The fraction of sp³-hybridized carbons (Fsp3) is 0.533. The first-order valence-corrected chi connectivity index (χ1v) is 6.95. The number of nitrogens with zero attached hydrogens (tertiary/aromatic N) is 1. The van der Waals surface area contributed by atoms with Gasteiger partial charge in [0, 0.05) is 11.6 Å². The fourth-order valence-corrected chi connectivity index (χ4v) is 1.73. The number of carbonyl (C=O) groups is 1. The number of amides is 1. The van der Waals surface area contributed by atoms with Gasteiger partial charge in [-0.3, -0.25) is 4.90 Å². The zero-order chi connectivity index (χ0) is 15.3. The molecule has 5 heteroatoms. The van der Waals surface area contributed by atoms with Crippen molar-refractivity contribution in [3.8, 4) is 0 Å². The van der Waals surface area contributed by atoms with Crippen molar-refractivity contribution >= 4 is 17.7 Å². The Morgan fingerprint density at radius 3 is 2.35 bits per heavy atom. The Kier molecular flexibility index (Phi) is 5.84. The fourth-order valence-electron chi connectivity index (χ4n) is 1.61. The summed E-state index contributed by atoms with van der Waals surface area (Å²) in [7, 11) is 0. The van der Waals surface area contributed by atoms with E-state index in [9.17, 15) is 9.90 Å². The molecule has 0 aromatic heterocycles. The molecular weight excluding hydrogens is 278 g/mol. The van der Waals surface area contributed by atoms with Gasteiger partial charge in [-0.1, -0.05) is 23.7 Å². The van der Waals surface area contributed by atoms with E-state index < -0.39 is 11.7 Å². The van der Waals surface area contributed by atoms with Crippen LogP contribution in [0.15, 0.2) is 24.3 Å². The van der Waals surface area contributed by atoms with Crippen molar-refractivity contribution in [2.24, 2.45) is 0 Å². The third-order valence-electron chi connectivity index (χ3n) is 2.69. The summed E-state index contributed by atoms with van der Waals surface area (Å²) in [5.41, 5.74) is 0.366. The van der Waals surface area contributed by atoms with E-state index >= 15 is 0 Å². The molecule has 0 heterocycles. The Bertz CT molecular complexity index is 439. The van der Waals surface area contributed by atoms with Gasteiger partial charge in [0.25, 0.3) is 0 Å². The molecule has 0 spiro atoms. The minimum Gasteiger partial charge on any atom is -0.444 e. The lowest BCUT2D eigenvalue weighted by atomic mass is 10.2. The van der Waals surface area contributed by atoms with Gasteiger partial charge in [0.05, 0.1) is 12.6 Å². The minimum atomic E-state index is -0.565.